The molecule has 0 unspecified atom stereocenters. The molecule has 6 rings (SSSR count). The number of fused-ring (bicyclic) bond motifs is 3. The maximum absolute atomic E-state index is 10.7. The summed E-state index contributed by atoms with van der Waals surface area (Å²) in [5.41, 5.74) is 4.41. The van der Waals surface area contributed by atoms with Gasteiger partial charge in [0.25, 0.3) is 0 Å². The summed E-state index contributed by atoms with van der Waals surface area (Å²) in [5.74, 6) is 0. The van der Waals surface area contributed by atoms with Gasteiger partial charge < -0.3 is 10.3 Å². The van der Waals surface area contributed by atoms with E-state index in [0.717, 1.165) is 38.7 Å². The van der Waals surface area contributed by atoms with E-state index in [1.807, 2.05) is 42.6 Å². The minimum atomic E-state index is -0.828. The first-order chi connectivity index (χ1) is 14.8. The fraction of sp³-hybridized carbons (Fsp3) is 0.0741. The highest BCUT2D eigenvalue weighted by atomic mass is 15.0. The van der Waals surface area contributed by atoms with Crippen LogP contribution in [0.4, 0.5) is 5.69 Å². The summed E-state index contributed by atoms with van der Waals surface area (Å²) in [6.07, 6.45) is 2.04. The van der Waals surface area contributed by atoms with Crippen LogP contribution in [0.15, 0.2) is 97.2 Å². The van der Waals surface area contributed by atoms with Crippen molar-refractivity contribution in [2.45, 2.75) is 11.5 Å². The summed E-state index contributed by atoms with van der Waals surface area (Å²) in [7, 11) is 0. The number of H-pyrrole nitrogens is 1. The Kier molecular flexibility index (Phi) is 3.51. The number of anilines is 1. The standard InChI is InChI=1S/C27H19N3/c28-17-27(20-14-13-18-7-1-2-8-19(18)15-20)23-10-4-6-12-25(23)30-26(27)22-16-29-24-11-5-3-9-21(22)24/h1-16,26,29-30H/t26-,27+/m1/s1. The summed E-state index contributed by atoms with van der Waals surface area (Å²) in [5, 5.41) is 17.9. The average molecular weight is 385 g/mol. The van der Waals surface area contributed by atoms with Crippen molar-refractivity contribution in [3.8, 4) is 6.07 Å². The lowest BCUT2D eigenvalue weighted by Gasteiger charge is -2.30. The molecule has 142 valence electrons. The van der Waals surface area contributed by atoms with Crippen molar-refractivity contribution in [2.75, 3.05) is 5.32 Å². The Morgan fingerprint density at radius 3 is 2.47 bits per heavy atom. The van der Waals surface area contributed by atoms with Crippen molar-refractivity contribution in [1.29, 1.82) is 5.26 Å². The van der Waals surface area contributed by atoms with Crippen LogP contribution in [0.3, 0.4) is 0 Å². The summed E-state index contributed by atoms with van der Waals surface area (Å²) >= 11 is 0. The number of benzene rings is 4. The molecule has 2 atom stereocenters. The second kappa shape index (κ2) is 6.23. The predicted octanol–water partition coefficient (Wildman–Crippen LogP) is 6.30. The lowest BCUT2D eigenvalue weighted by molar-refractivity contribution is 0.591. The number of para-hydroxylation sites is 2. The molecule has 0 aliphatic carbocycles. The Labute approximate surface area is 174 Å². The van der Waals surface area contributed by atoms with Gasteiger partial charge in [-0.3, -0.25) is 0 Å². The van der Waals surface area contributed by atoms with E-state index < -0.39 is 5.41 Å². The van der Waals surface area contributed by atoms with Crippen LogP contribution in [0.5, 0.6) is 0 Å². The fourth-order valence-electron chi connectivity index (χ4n) is 4.96. The Bertz CT molecular complexity index is 1460. The summed E-state index contributed by atoms with van der Waals surface area (Å²) in [6.45, 7) is 0. The number of aromatic nitrogens is 1. The Hall–Kier alpha value is -4.03. The Morgan fingerprint density at radius 2 is 1.57 bits per heavy atom. The molecule has 1 aliphatic heterocycles. The summed E-state index contributed by atoms with van der Waals surface area (Å²) in [6, 6.07) is 33.7. The van der Waals surface area contributed by atoms with Gasteiger partial charge >= 0.3 is 0 Å². The average Bonchev–Trinajstić information content (AvgIpc) is 3.38. The van der Waals surface area contributed by atoms with Crippen LogP contribution in [0.1, 0.15) is 22.7 Å². The molecule has 0 saturated carbocycles. The summed E-state index contributed by atoms with van der Waals surface area (Å²) in [4.78, 5) is 3.39. The molecule has 3 nitrogen and oxygen atoms in total. The smallest absolute Gasteiger partial charge is 0.133 e. The van der Waals surface area contributed by atoms with E-state index in [-0.39, 0.29) is 6.04 Å². The largest absolute Gasteiger partial charge is 0.376 e. The van der Waals surface area contributed by atoms with Gasteiger partial charge in [0.05, 0.1) is 12.1 Å². The van der Waals surface area contributed by atoms with Gasteiger partial charge in [-0.25, -0.2) is 0 Å². The molecule has 0 radical (unpaired) electrons. The molecule has 3 heteroatoms. The molecule has 1 aliphatic rings. The highest BCUT2D eigenvalue weighted by molar-refractivity contribution is 5.87. The molecule has 2 heterocycles. The molecule has 0 saturated heterocycles. The molecule has 5 aromatic rings. The van der Waals surface area contributed by atoms with E-state index in [1.54, 1.807) is 0 Å². The topological polar surface area (TPSA) is 51.6 Å². The quantitative estimate of drug-likeness (QED) is 0.375. The van der Waals surface area contributed by atoms with Crippen molar-refractivity contribution >= 4 is 27.4 Å². The van der Waals surface area contributed by atoms with Crippen LogP contribution in [0.25, 0.3) is 21.7 Å². The molecule has 0 amide bonds. The number of aromatic amines is 1. The molecule has 0 spiro atoms. The van der Waals surface area contributed by atoms with Crippen LogP contribution in [-0.2, 0) is 5.41 Å². The van der Waals surface area contributed by atoms with Crippen LogP contribution >= 0.6 is 0 Å². The van der Waals surface area contributed by atoms with E-state index in [9.17, 15) is 5.26 Å². The number of nitriles is 1. The molecule has 30 heavy (non-hydrogen) atoms. The van der Waals surface area contributed by atoms with Gasteiger partial charge in [0.15, 0.2) is 0 Å². The second-order valence-electron chi connectivity index (χ2n) is 7.89. The highest BCUT2D eigenvalue weighted by Crippen LogP contribution is 2.53. The predicted molar refractivity (Wildman–Crippen MR) is 121 cm³/mol. The van der Waals surface area contributed by atoms with Crippen LogP contribution in [0, 0.1) is 11.3 Å². The Morgan fingerprint density at radius 1 is 0.800 bits per heavy atom. The first-order valence-corrected chi connectivity index (χ1v) is 10.1. The lowest BCUT2D eigenvalue weighted by Crippen LogP contribution is -2.32. The monoisotopic (exact) mass is 385 g/mol. The van der Waals surface area contributed by atoms with Crippen molar-refractivity contribution in [3.63, 3.8) is 0 Å². The maximum Gasteiger partial charge on any atom is 0.133 e. The minimum absolute atomic E-state index is 0.197. The maximum atomic E-state index is 10.7. The number of rotatable bonds is 2. The normalized spacial score (nSPS) is 20.0. The van der Waals surface area contributed by atoms with Gasteiger partial charge in [0, 0.05) is 33.9 Å². The molecule has 0 bridgehead atoms. The summed E-state index contributed by atoms with van der Waals surface area (Å²) < 4.78 is 0. The third kappa shape index (κ3) is 2.19. The first kappa shape index (κ1) is 16.9. The van der Waals surface area contributed by atoms with Crippen LogP contribution in [0.2, 0.25) is 0 Å². The SMILES string of the molecule is N#C[C@]1(c2ccc3ccccc3c2)c2ccccc2N[C@@H]1c1c[nH]c2ccccc12. The van der Waals surface area contributed by atoms with Crippen LogP contribution < -0.4 is 5.32 Å². The van der Waals surface area contributed by atoms with Gasteiger partial charge in [0.1, 0.15) is 5.41 Å². The molecule has 1 aromatic heterocycles. The van der Waals surface area contributed by atoms with E-state index >= 15 is 0 Å². The van der Waals surface area contributed by atoms with Gasteiger partial charge in [-0.15, -0.1) is 0 Å². The van der Waals surface area contributed by atoms with E-state index in [0.29, 0.717) is 0 Å². The van der Waals surface area contributed by atoms with Crippen molar-refractivity contribution in [3.05, 3.63) is 114 Å². The Balaban J connectivity index is 1.66. The van der Waals surface area contributed by atoms with Gasteiger partial charge in [0.2, 0.25) is 0 Å². The van der Waals surface area contributed by atoms with Crippen molar-refractivity contribution in [1.82, 2.24) is 4.98 Å². The van der Waals surface area contributed by atoms with Crippen LogP contribution in [-0.4, -0.2) is 4.98 Å². The number of nitrogens with one attached hydrogen (secondary N) is 2. The minimum Gasteiger partial charge on any atom is -0.376 e. The second-order valence-corrected chi connectivity index (χ2v) is 7.89. The van der Waals surface area contributed by atoms with Crippen molar-refractivity contribution < 1.29 is 0 Å². The fourth-order valence-corrected chi connectivity index (χ4v) is 4.96. The number of hydrogen-bond acceptors (Lipinski definition) is 2. The molecular formula is C27H19N3. The van der Waals surface area contributed by atoms with E-state index in [2.05, 4.69) is 71.0 Å². The molecular weight excluding hydrogens is 366 g/mol. The zero-order chi connectivity index (χ0) is 20.1. The molecule has 2 N–H and O–H groups in total. The lowest BCUT2D eigenvalue weighted by atomic mass is 9.70. The van der Waals surface area contributed by atoms with Gasteiger partial charge in [-0.2, -0.15) is 5.26 Å². The van der Waals surface area contributed by atoms with E-state index in [4.69, 9.17) is 0 Å². The van der Waals surface area contributed by atoms with Gasteiger partial charge in [-0.05, 0) is 34.5 Å². The zero-order valence-electron chi connectivity index (χ0n) is 16.3. The number of hydrogen-bond donors (Lipinski definition) is 2. The zero-order valence-corrected chi connectivity index (χ0v) is 16.3. The third-order valence-corrected chi connectivity index (χ3v) is 6.40. The molecule has 4 aromatic carbocycles. The number of nitrogens with zero attached hydrogens (tertiary/aromatic N) is 1. The van der Waals surface area contributed by atoms with E-state index in [1.165, 1.54) is 5.39 Å². The first-order valence-electron chi connectivity index (χ1n) is 10.1. The van der Waals surface area contributed by atoms with Crippen molar-refractivity contribution in [2.24, 2.45) is 0 Å². The molecule has 0 fully saturated rings. The highest BCUT2D eigenvalue weighted by Gasteiger charge is 2.50. The van der Waals surface area contributed by atoms with Gasteiger partial charge in [-0.1, -0.05) is 72.8 Å². The third-order valence-electron chi connectivity index (χ3n) is 6.40.